The number of hydrogen-bond donors (Lipinski definition) is 1. The average Bonchev–Trinajstić information content (AvgIpc) is 3.19. The van der Waals surface area contributed by atoms with Crippen LogP contribution in [0.2, 0.25) is 10.0 Å². The van der Waals surface area contributed by atoms with E-state index in [1.165, 1.54) is 5.39 Å². The first kappa shape index (κ1) is 18.1. The number of nitrogens with zero attached hydrogens (tertiary/aromatic N) is 2. The van der Waals surface area contributed by atoms with E-state index in [4.69, 9.17) is 28.9 Å². The summed E-state index contributed by atoms with van der Waals surface area (Å²) in [5, 5.41) is 3.58. The minimum Gasteiger partial charge on any atom is -0.337 e. The largest absolute Gasteiger partial charge is 0.337 e. The number of fused-ring (bicyclic) bond motifs is 1. The molecule has 2 atom stereocenters. The molecule has 3 nitrogen and oxygen atoms in total. The molecule has 0 radical (unpaired) electrons. The predicted octanol–water partition coefficient (Wildman–Crippen LogP) is 5.83. The van der Waals surface area contributed by atoms with Crippen molar-refractivity contribution in [3.63, 3.8) is 0 Å². The minimum atomic E-state index is -0.239. The lowest BCUT2D eigenvalue weighted by atomic mass is 9.85. The Balaban J connectivity index is 1.81. The lowest BCUT2D eigenvalue weighted by Gasteiger charge is -2.27. The zero-order valence-electron chi connectivity index (χ0n) is 14.6. The number of imidazole rings is 1. The molecule has 27 heavy (non-hydrogen) atoms. The van der Waals surface area contributed by atoms with Gasteiger partial charge in [0.05, 0.1) is 6.33 Å². The first-order valence-corrected chi connectivity index (χ1v) is 9.53. The van der Waals surface area contributed by atoms with Gasteiger partial charge in [-0.25, -0.2) is 4.98 Å². The molecule has 0 aliphatic heterocycles. The van der Waals surface area contributed by atoms with Crippen molar-refractivity contribution in [3.05, 3.63) is 101 Å². The number of hydrogen-bond acceptors (Lipinski definition) is 2. The highest BCUT2D eigenvalue weighted by Gasteiger charge is 2.25. The summed E-state index contributed by atoms with van der Waals surface area (Å²) >= 11 is 12.7. The smallest absolute Gasteiger partial charge is 0.0946 e. The van der Waals surface area contributed by atoms with E-state index < -0.39 is 0 Å². The minimum absolute atomic E-state index is 0.0326. The van der Waals surface area contributed by atoms with E-state index >= 15 is 0 Å². The van der Waals surface area contributed by atoms with Crippen molar-refractivity contribution in [2.75, 3.05) is 0 Å². The topological polar surface area (TPSA) is 43.8 Å². The van der Waals surface area contributed by atoms with Crippen molar-refractivity contribution in [2.24, 2.45) is 5.73 Å². The molecule has 2 unspecified atom stereocenters. The number of rotatable bonds is 5. The summed E-state index contributed by atoms with van der Waals surface area (Å²) in [6.45, 7) is 0.672. The van der Waals surface area contributed by atoms with Gasteiger partial charge in [-0.15, -0.1) is 0 Å². The van der Waals surface area contributed by atoms with Crippen LogP contribution < -0.4 is 5.73 Å². The zero-order valence-corrected chi connectivity index (χ0v) is 16.1. The van der Waals surface area contributed by atoms with Crippen LogP contribution in [-0.4, -0.2) is 9.55 Å². The Hall–Kier alpha value is -2.33. The fourth-order valence-corrected chi connectivity index (χ4v) is 4.14. The Kier molecular flexibility index (Phi) is 5.17. The highest BCUT2D eigenvalue weighted by Crippen LogP contribution is 2.38. The SMILES string of the molecule is NC(c1cccc2ccccc12)C(Cn1ccnc1)c1ccc(Cl)cc1Cl. The van der Waals surface area contributed by atoms with Gasteiger partial charge in [-0.2, -0.15) is 0 Å². The third kappa shape index (κ3) is 3.72. The van der Waals surface area contributed by atoms with Gasteiger partial charge in [-0.3, -0.25) is 0 Å². The Bertz CT molecular complexity index is 1060. The maximum Gasteiger partial charge on any atom is 0.0946 e. The van der Waals surface area contributed by atoms with E-state index in [0.29, 0.717) is 16.6 Å². The van der Waals surface area contributed by atoms with Crippen LogP contribution >= 0.6 is 23.2 Å². The quantitative estimate of drug-likeness (QED) is 0.462. The maximum atomic E-state index is 6.84. The molecule has 1 aromatic heterocycles. The molecule has 0 amide bonds. The molecule has 4 aromatic rings. The van der Waals surface area contributed by atoms with Crippen molar-refractivity contribution in [3.8, 4) is 0 Å². The Morgan fingerprint density at radius 3 is 2.56 bits per heavy atom. The highest BCUT2D eigenvalue weighted by atomic mass is 35.5. The van der Waals surface area contributed by atoms with E-state index in [0.717, 1.165) is 16.5 Å². The lowest BCUT2D eigenvalue weighted by Crippen LogP contribution is -2.24. The van der Waals surface area contributed by atoms with Gasteiger partial charge in [0.25, 0.3) is 0 Å². The first-order valence-electron chi connectivity index (χ1n) is 8.77. The van der Waals surface area contributed by atoms with Crippen molar-refractivity contribution < 1.29 is 0 Å². The van der Waals surface area contributed by atoms with Crippen LogP contribution in [0.15, 0.2) is 79.4 Å². The standard InChI is InChI=1S/C22H19Cl2N3/c23-16-8-9-18(21(24)12-16)20(13-27-11-10-26-14-27)22(25)19-7-3-5-15-4-1-2-6-17(15)19/h1-12,14,20,22H,13,25H2. The average molecular weight is 396 g/mol. The molecule has 136 valence electrons. The van der Waals surface area contributed by atoms with Gasteiger partial charge in [0.1, 0.15) is 0 Å². The molecular formula is C22H19Cl2N3. The summed E-state index contributed by atoms with van der Waals surface area (Å²) in [5.74, 6) is -0.0326. The molecular weight excluding hydrogens is 377 g/mol. The Morgan fingerprint density at radius 1 is 0.963 bits per heavy atom. The fraction of sp³-hybridized carbons (Fsp3) is 0.136. The molecule has 4 rings (SSSR count). The highest BCUT2D eigenvalue weighted by molar-refractivity contribution is 6.35. The summed E-state index contributed by atoms with van der Waals surface area (Å²) in [4.78, 5) is 4.16. The van der Waals surface area contributed by atoms with Gasteiger partial charge in [0.2, 0.25) is 0 Å². The van der Waals surface area contributed by atoms with Crippen LogP contribution in [0.3, 0.4) is 0 Å². The monoisotopic (exact) mass is 395 g/mol. The number of halogens is 2. The third-order valence-corrected chi connectivity index (χ3v) is 5.51. The summed E-state index contributed by atoms with van der Waals surface area (Å²) in [6.07, 6.45) is 5.50. The molecule has 1 heterocycles. The molecule has 3 aromatic carbocycles. The molecule has 2 N–H and O–H groups in total. The number of benzene rings is 3. The van der Waals surface area contributed by atoms with E-state index in [1.807, 2.05) is 35.0 Å². The maximum absolute atomic E-state index is 6.84. The van der Waals surface area contributed by atoms with Crippen molar-refractivity contribution in [2.45, 2.75) is 18.5 Å². The van der Waals surface area contributed by atoms with Gasteiger partial charge >= 0.3 is 0 Å². The van der Waals surface area contributed by atoms with Gasteiger partial charge < -0.3 is 10.3 Å². The van der Waals surface area contributed by atoms with Crippen LogP contribution in [0.5, 0.6) is 0 Å². The predicted molar refractivity (Wildman–Crippen MR) is 112 cm³/mol. The van der Waals surface area contributed by atoms with Crippen LogP contribution in [0.25, 0.3) is 10.8 Å². The summed E-state index contributed by atoms with van der Waals surface area (Å²) in [5.41, 5.74) is 8.92. The number of aromatic nitrogens is 2. The van der Waals surface area contributed by atoms with Crippen molar-refractivity contribution in [1.82, 2.24) is 9.55 Å². The van der Waals surface area contributed by atoms with Gasteiger partial charge in [-0.05, 0) is 34.0 Å². The van der Waals surface area contributed by atoms with Crippen molar-refractivity contribution >= 4 is 34.0 Å². The summed E-state index contributed by atoms with van der Waals surface area (Å²) in [7, 11) is 0. The lowest BCUT2D eigenvalue weighted by molar-refractivity contribution is 0.479. The van der Waals surface area contributed by atoms with Crippen LogP contribution in [0.4, 0.5) is 0 Å². The molecule has 0 aliphatic carbocycles. The van der Waals surface area contributed by atoms with E-state index in [9.17, 15) is 0 Å². The second-order valence-electron chi connectivity index (χ2n) is 6.63. The van der Waals surface area contributed by atoms with E-state index in [1.54, 1.807) is 18.6 Å². The van der Waals surface area contributed by atoms with Gasteiger partial charge in [-0.1, -0.05) is 71.7 Å². The zero-order chi connectivity index (χ0) is 18.8. The summed E-state index contributed by atoms with van der Waals surface area (Å²) in [6, 6.07) is 19.9. The van der Waals surface area contributed by atoms with E-state index in [-0.39, 0.29) is 12.0 Å². The van der Waals surface area contributed by atoms with Crippen molar-refractivity contribution in [1.29, 1.82) is 0 Å². The van der Waals surface area contributed by atoms with Crippen LogP contribution in [-0.2, 0) is 6.54 Å². The molecule has 0 bridgehead atoms. The fourth-order valence-electron chi connectivity index (χ4n) is 3.59. The molecule has 0 aliphatic rings. The van der Waals surface area contributed by atoms with E-state index in [2.05, 4.69) is 35.3 Å². The third-order valence-electron chi connectivity index (χ3n) is 4.94. The second kappa shape index (κ2) is 7.73. The second-order valence-corrected chi connectivity index (χ2v) is 7.47. The molecule has 0 fully saturated rings. The Morgan fingerprint density at radius 2 is 1.78 bits per heavy atom. The Labute approximate surface area is 168 Å². The van der Waals surface area contributed by atoms with Gasteiger partial charge in [0, 0.05) is 40.9 Å². The molecule has 0 spiro atoms. The van der Waals surface area contributed by atoms with Crippen LogP contribution in [0.1, 0.15) is 23.1 Å². The van der Waals surface area contributed by atoms with Crippen LogP contribution in [0, 0.1) is 0 Å². The van der Waals surface area contributed by atoms with Gasteiger partial charge in [0.15, 0.2) is 0 Å². The molecule has 0 saturated carbocycles. The normalized spacial score (nSPS) is 13.6. The molecule has 5 heteroatoms. The summed E-state index contributed by atoms with van der Waals surface area (Å²) < 4.78 is 2.03. The first-order chi connectivity index (χ1) is 13.1. The molecule has 0 saturated heterocycles. The number of nitrogens with two attached hydrogens (primary N) is 1.